The standard InChI is InChI=1S/C78H63N9O11/c1-89-44-34-61(92-4)73(62(35-44)93-5)70-55-24-22-53(81-55)69(49-14-10-12-47-48-13-11-15-50(77(48)98-76(47)49)78(88)87(67-30-16-40-32-42(79)18-20-51(40)85-67)68-31-17-41-33-43(80)19-21-52(41)86-68)54-23-25-56(82-54)71(74-63(94-6)36-45(90-2)37-64(74)95-7)58-27-29-60(84-58)72(59-28-26-57(70)83-59)75-65(96-8)38-46(91-3)39-66(75)97-9/h10-39,81,84H,79-80H2,1-9H3. The number of methoxy groups -OCH3 is 9. The molecule has 2 aliphatic rings. The van der Waals surface area contributed by atoms with Crippen molar-refractivity contribution in [2.45, 2.75) is 0 Å². The van der Waals surface area contributed by atoms with E-state index in [1.807, 2.05) is 115 Å². The van der Waals surface area contributed by atoms with Gasteiger partial charge in [0.2, 0.25) is 0 Å². The van der Waals surface area contributed by atoms with Crippen LogP contribution in [0.25, 0.3) is 135 Å². The average Bonchev–Trinajstić information content (AvgIpc) is 1.56. The molecule has 8 heterocycles. The van der Waals surface area contributed by atoms with Crippen molar-refractivity contribution >= 4 is 119 Å². The van der Waals surface area contributed by atoms with Gasteiger partial charge in [-0.25, -0.2) is 24.8 Å². The molecule has 7 aromatic carbocycles. The van der Waals surface area contributed by atoms with Gasteiger partial charge in [-0.05, 0) is 115 Å². The van der Waals surface area contributed by atoms with Crippen LogP contribution in [0.3, 0.4) is 0 Å². The summed E-state index contributed by atoms with van der Waals surface area (Å²) in [6, 6.07) is 48.5. The van der Waals surface area contributed by atoms with Gasteiger partial charge in [-0.2, -0.15) is 0 Å². The first-order valence-corrected chi connectivity index (χ1v) is 31.1. The molecular weight excluding hydrogens is 1240 g/mol. The van der Waals surface area contributed by atoms with E-state index in [0.29, 0.717) is 192 Å². The van der Waals surface area contributed by atoms with Crippen molar-refractivity contribution in [3.63, 3.8) is 0 Å². The molecule has 6 N–H and O–H groups in total. The van der Waals surface area contributed by atoms with Crippen LogP contribution in [0, 0.1) is 0 Å². The number of hydrogen-bond acceptors (Lipinski definition) is 17. The molecule has 15 rings (SSSR count). The lowest BCUT2D eigenvalue weighted by Crippen LogP contribution is -2.27. The third-order valence-electron chi connectivity index (χ3n) is 17.7. The minimum Gasteiger partial charge on any atom is -0.496 e. The first-order valence-electron chi connectivity index (χ1n) is 31.1. The van der Waals surface area contributed by atoms with Gasteiger partial charge in [-0.3, -0.25) is 4.79 Å². The number of rotatable bonds is 16. The van der Waals surface area contributed by atoms with Gasteiger partial charge in [0.05, 0.1) is 120 Å². The van der Waals surface area contributed by atoms with Gasteiger partial charge in [0, 0.05) is 119 Å². The molecule has 13 aromatic rings. The average molecular weight is 1300 g/mol. The minimum atomic E-state index is -0.446. The van der Waals surface area contributed by atoms with Crippen LogP contribution >= 0.6 is 0 Å². The maximum atomic E-state index is 15.9. The van der Waals surface area contributed by atoms with E-state index in [0.717, 1.165) is 16.2 Å². The molecule has 0 atom stereocenters. The number of furan rings is 1. The molecule has 8 bridgehead atoms. The molecule has 0 unspecified atom stereocenters. The van der Waals surface area contributed by atoms with Crippen molar-refractivity contribution in [2.24, 2.45) is 0 Å². The predicted molar refractivity (Wildman–Crippen MR) is 386 cm³/mol. The van der Waals surface area contributed by atoms with Crippen molar-refractivity contribution in [2.75, 3.05) is 80.4 Å². The molecule has 0 saturated carbocycles. The van der Waals surface area contributed by atoms with E-state index in [4.69, 9.17) is 78.5 Å². The number of pyridine rings is 2. The van der Waals surface area contributed by atoms with Gasteiger partial charge in [0.1, 0.15) is 74.5 Å². The number of benzene rings is 7. The molecule has 6 aromatic heterocycles. The largest absolute Gasteiger partial charge is 0.496 e. The van der Waals surface area contributed by atoms with Gasteiger partial charge in [0.25, 0.3) is 5.91 Å². The Hall–Kier alpha value is -13.0. The number of aromatic nitrogens is 6. The molecular formula is C78H63N9O11. The Bertz CT molecular complexity index is 5490. The normalized spacial score (nSPS) is 11.8. The Morgan fingerprint density at radius 3 is 1.13 bits per heavy atom. The van der Waals surface area contributed by atoms with Crippen molar-refractivity contribution in [1.82, 2.24) is 29.9 Å². The Balaban J connectivity index is 1.05. The number of para-hydroxylation sites is 2. The highest BCUT2D eigenvalue weighted by Gasteiger charge is 2.31. The van der Waals surface area contributed by atoms with Crippen LogP contribution in [0.5, 0.6) is 51.7 Å². The third kappa shape index (κ3) is 10.3. The molecule has 0 saturated heterocycles. The molecule has 20 heteroatoms. The number of amides is 1. The molecule has 1 amide bonds. The summed E-state index contributed by atoms with van der Waals surface area (Å²) in [5.41, 5.74) is 25.4. The van der Waals surface area contributed by atoms with Crippen LogP contribution in [0.2, 0.25) is 0 Å². The highest BCUT2D eigenvalue weighted by molar-refractivity contribution is 6.21. The third-order valence-corrected chi connectivity index (χ3v) is 17.7. The van der Waals surface area contributed by atoms with Crippen molar-refractivity contribution in [3.8, 4) is 96.3 Å². The summed E-state index contributed by atoms with van der Waals surface area (Å²) in [5, 5.41) is 3.01. The zero-order valence-corrected chi connectivity index (χ0v) is 54.7. The molecule has 2 aliphatic heterocycles. The van der Waals surface area contributed by atoms with Gasteiger partial charge in [-0.1, -0.05) is 30.3 Å². The number of anilines is 4. The SMILES string of the molecule is COc1cc(OC)c(-c2c3nc(c(-c4c(OC)cc(OC)cc4OC)c4ccc([nH]4)c(-c4cccc5c4oc4c(C(=O)N(c6ccc7cc(N)ccc7n6)c6ccc7cc(N)ccc7n6)cccc45)c4nc(c(-c5c(OC)cc(OC)cc5OC)c5ccc2[nH]5)C=C4)C=C3)c(OC)c1. The number of nitrogens with two attached hydrogens (primary N) is 2. The summed E-state index contributed by atoms with van der Waals surface area (Å²) in [7, 11) is 14.3. The van der Waals surface area contributed by atoms with E-state index in [1.54, 1.807) is 131 Å². The molecule has 98 heavy (non-hydrogen) atoms. The van der Waals surface area contributed by atoms with Crippen molar-refractivity contribution in [1.29, 1.82) is 0 Å². The van der Waals surface area contributed by atoms with E-state index in [1.165, 1.54) is 4.90 Å². The Kier molecular flexibility index (Phi) is 15.5. The highest BCUT2D eigenvalue weighted by Crippen LogP contribution is 2.51. The maximum Gasteiger partial charge on any atom is 0.269 e. The number of aromatic amines is 2. The van der Waals surface area contributed by atoms with Crippen LogP contribution in [-0.4, -0.2) is 99.8 Å². The van der Waals surface area contributed by atoms with Crippen molar-refractivity contribution in [3.05, 3.63) is 186 Å². The summed E-state index contributed by atoms with van der Waals surface area (Å²) >= 11 is 0. The number of H-pyrrole nitrogens is 2. The summed E-state index contributed by atoms with van der Waals surface area (Å²) in [6.45, 7) is 0. The molecule has 486 valence electrons. The van der Waals surface area contributed by atoms with Crippen LogP contribution in [-0.2, 0) is 0 Å². The predicted octanol–water partition coefficient (Wildman–Crippen LogP) is 16.5. The van der Waals surface area contributed by atoms with Gasteiger partial charge in [0.15, 0.2) is 0 Å². The Labute approximate surface area is 560 Å². The maximum absolute atomic E-state index is 15.9. The topological polar surface area (TPSA) is 252 Å². The fraction of sp³-hybridized carbons (Fsp3) is 0.115. The molecule has 0 aliphatic carbocycles. The number of fused-ring (bicyclic) bond motifs is 13. The second kappa shape index (κ2) is 24.7. The summed E-state index contributed by atoms with van der Waals surface area (Å²) < 4.78 is 62.1. The van der Waals surface area contributed by atoms with Crippen LogP contribution in [0.15, 0.2) is 162 Å². The van der Waals surface area contributed by atoms with E-state index in [9.17, 15) is 0 Å². The summed E-state index contributed by atoms with van der Waals surface area (Å²) in [6.07, 6.45) is 7.83. The summed E-state index contributed by atoms with van der Waals surface area (Å²) in [5.74, 6) is 4.43. The van der Waals surface area contributed by atoms with E-state index in [-0.39, 0.29) is 5.56 Å². The smallest absolute Gasteiger partial charge is 0.269 e. The number of carbonyl (C=O) groups is 1. The van der Waals surface area contributed by atoms with Gasteiger partial charge >= 0.3 is 0 Å². The van der Waals surface area contributed by atoms with Crippen LogP contribution in [0.1, 0.15) is 33.1 Å². The first-order chi connectivity index (χ1) is 47.8. The zero-order valence-electron chi connectivity index (χ0n) is 54.7. The molecule has 0 radical (unpaired) electrons. The fourth-order valence-electron chi connectivity index (χ4n) is 13.2. The van der Waals surface area contributed by atoms with Crippen LogP contribution in [0.4, 0.5) is 23.0 Å². The minimum absolute atomic E-state index is 0.251. The van der Waals surface area contributed by atoms with Gasteiger partial charge in [-0.15, -0.1) is 0 Å². The quantitative estimate of drug-likeness (QED) is 0.0656. The zero-order chi connectivity index (χ0) is 67.6. The second-order valence-electron chi connectivity index (χ2n) is 23.1. The number of nitrogen functional groups attached to an aromatic ring is 2. The molecule has 0 spiro atoms. The first kappa shape index (κ1) is 61.2. The fourth-order valence-corrected chi connectivity index (χ4v) is 13.2. The Morgan fingerprint density at radius 1 is 0.378 bits per heavy atom. The lowest BCUT2D eigenvalue weighted by atomic mass is 10.00. The number of carbonyl (C=O) groups excluding carboxylic acids is 1. The number of hydrogen-bond donors (Lipinski definition) is 4. The highest BCUT2D eigenvalue weighted by atomic mass is 16.5. The van der Waals surface area contributed by atoms with Crippen LogP contribution < -0.4 is 59.0 Å². The second-order valence-corrected chi connectivity index (χ2v) is 23.1. The lowest BCUT2D eigenvalue weighted by molar-refractivity contribution is 0.0998. The monoisotopic (exact) mass is 1300 g/mol. The van der Waals surface area contributed by atoms with E-state index >= 15 is 4.79 Å². The van der Waals surface area contributed by atoms with Gasteiger partial charge < -0.3 is 68.5 Å². The van der Waals surface area contributed by atoms with E-state index in [2.05, 4.69) is 9.97 Å². The lowest BCUT2D eigenvalue weighted by Gasteiger charge is -2.22. The summed E-state index contributed by atoms with van der Waals surface area (Å²) in [4.78, 5) is 46.4. The van der Waals surface area contributed by atoms with Crippen molar-refractivity contribution < 1.29 is 51.8 Å². The number of nitrogens with one attached hydrogen (secondary N) is 2. The molecule has 20 nitrogen and oxygen atoms in total. The molecule has 0 fully saturated rings. The number of ether oxygens (including phenoxy) is 9. The number of nitrogens with zero attached hydrogens (tertiary/aromatic N) is 5. The van der Waals surface area contributed by atoms with E-state index < -0.39 is 5.91 Å². The Morgan fingerprint density at radius 2 is 0.745 bits per heavy atom.